The zero-order valence-corrected chi connectivity index (χ0v) is 55.3. The van der Waals surface area contributed by atoms with Gasteiger partial charge < -0.3 is 45.1 Å². The molecule has 87 heavy (non-hydrogen) atoms. The molecule has 1 heterocycles. The number of hydrogen-bond acceptors (Lipinski definition) is 10. The topological polar surface area (TPSA) is 175 Å². The number of ether oxygens (including phenoxy) is 3. The number of nitrogens with one attached hydrogen (secondary N) is 1. The zero-order valence-electron chi connectivity index (χ0n) is 55.3. The van der Waals surface area contributed by atoms with E-state index in [1.807, 2.05) is 12.2 Å². The fourth-order valence-electron chi connectivity index (χ4n) is 10.3. The maximum atomic E-state index is 13.4. The summed E-state index contributed by atoms with van der Waals surface area (Å²) in [6.45, 7) is 5.63. The summed E-state index contributed by atoms with van der Waals surface area (Å²) in [7, 11) is 0. The van der Waals surface area contributed by atoms with E-state index in [9.17, 15) is 35.1 Å². The summed E-state index contributed by atoms with van der Waals surface area (Å²) in [5.74, 6) is -1.24. The lowest BCUT2D eigenvalue weighted by Crippen LogP contribution is -2.61. The summed E-state index contributed by atoms with van der Waals surface area (Å²) in [5.41, 5.74) is 0. The first-order chi connectivity index (χ1) is 42.7. The van der Waals surface area contributed by atoms with Gasteiger partial charge in [0.2, 0.25) is 5.91 Å². The molecule has 0 aromatic heterocycles. The highest BCUT2D eigenvalue weighted by atomic mass is 16.7. The molecule has 8 unspecified atom stereocenters. The van der Waals surface area contributed by atoms with Gasteiger partial charge >= 0.3 is 5.97 Å². The van der Waals surface area contributed by atoms with Crippen LogP contribution in [0.2, 0.25) is 0 Å². The predicted octanol–water partition coefficient (Wildman–Crippen LogP) is 18.2. The minimum Gasteiger partial charge on any atom is -0.454 e. The number of allylic oxidation sites excluding steroid dienone is 19. The summed E-state index contributed by atoms with van der Waals surface area (Å²) >= 11 is 0. The molecule has 11 heteroatoms. The van der Waals surface area contributed by atoms with Crippen molar-refractivity contribution in [2.75, 3.05) is 13.2 Å². The molecule has 11 nitrogen and oxygen atoms in total. The van der Waals surface area contributed by atoms with Crippen molar-refractivity contribution in [3.8, 4) is 0 Å². The van der Waals surface area contributed by atoms with Crippen molar-refractivity contribution in [2.45, 2.75) is 333 Å². The molecule has 1 saturated heterocycles. The molecule has 0 radical (unpaired) electrons. The Bertz CT molecular complexity index is 1880. The molecule has 1 aliphatic rings. The van der Waals surface area contributed by atoms with Crippen molar-refractivity contribution < 1.29 is 49.3 Å². The van der Waals surface area contributed by atoms with Crippen molar-refractivity contribution >= 4 is 11.9 Å². The standard InChI is InChI=1S/C76H129NO10/c1-4-7-10-13-16-19-22-24-26-28-30-32-33-34-35-36-37-38-40-42-44-46-49-52-55-58-61-64-71(81)87-74-73(83)72(82)70(65-78)86-76(74)85-66-67(68(79)62-59-56-53-50-47-21-18-15-12-9-6-3)77-75(84)69(80)63-60-57-54-51-48-45-43-41-39-31-29-27-25-23-20-17-14-11-8-5-2/h8,11,16-17,19-20,24-27,30-32,39,43,45,51,54,59,62,67-70,72-74,76,78-80,82-83H,4-7,9-10,12-15,18,21-23,28-29,33-38,40-42,44,46-50,52-53,55-58,60-61,63-66H2,1-3H3,(H,77,84)/b11-8-,19-16-,20-17-,26-24-,27-25-,32-30-,39-31-,45-43-,54-51-,62-59+. The van der Waals surface area contributed by atoms with Crippen molar-refractivity contribution in [2.24, 2.45) is 0 Å². The molecule has 0 aromatic rings. The van der Waals surface area contributed by atoms with Crippen LogP contribution >= 0.6 is 0 Å². The average molecular weight is 1220 g/mol. The van der Waals surface area contributed by atoms with Crippen LogP contribution < -0.4 is 5.32 Å². The van der Waals surface area contributed by atoms with Crippen molar-refractivity contribution in [3.63, 3.8) is 0 Å². The monoisotopic (exact) mass is 1220 g/mol. The number of amides is 1. The molecular weight excluding hydrogens is 1090 g/mol. The van der Waals surface area contributed by atoms with Gasteiger partial charge in [-0.2, -0.15) is 0 Å². The van der Waals surface area contributed by atoms with Gasteiger partial charge in [0, 0.05) is 6.42 Å². The fourth-order valence-corrected chi connectivity index (χ4v) is 10.3. The molecule has 1 aliphatic heterocycles. The lowest BCUT2D eigenvalue weighted by molar-refractivity contribution is -0.305. The second-order valence-corrected chi connectivity index (χ2v) is 23.9. The summed E-state index contributed by atoms with van der Waals surface area (Å²) in [6.07, 6.45) is 76.8. The van der Waals surface area contributed by atoms with E-state index in [1.165, 1.54) is 135 Å². The second kappa shape index (κ2) is 62.3. The zero-order chi connectivity index (χ0) is 63.1. The van der Waals surface area contributed by atoms with E-state index in [0.29, 0.717) is 19.3 Å². The minimum atomic E-state index is -1.63. The summed E-state index contributed by atoms with van der Waals surface area (Å²) in [5, 5.41) is 57.1. The van der Waals surface area contributed by atoms with Gasteiger partial charge in [-0.25, -0.2) is 0 Å². The van der Waals surface area contributed by atoms with Crippen LogP contribution in [0.4, 0.5) is 0 Å². The lowest BCUT2D eigenvalue weighted by Gasteiger charge is -2.41. The Kier molecular flexibility index (Phi) is 58.0. The smallest absolute Gasteiger partial charge is 0.306 e. The largest absolute Gasteiger partial charge is 0.454 e. The Morgan fingerprint density at radius 1 is 0.460 bits per heavy atom. The third kappa shape index (κ3) is 49.5. The average Bonchev–Trinajstić information content (AvgIpc) is 1.56. The van der Waals surface area contributed by atoms with Gasteiger partial charge in [-0.1, -0.05) is 284 Å². The highest BCUT2D eigenvalue weighted by Gasteiger charge is 2.47. The van der Waals surface area contributed by atoms with Gasteiger partial charge in [-0.3, -0.25) is 9.59 Å². The van der Waals surface area contributed by atoms with E-state index in [1.54, 1.807) is 6.08 Å². The van der Waals surface area contributed by atoms with E-state index in [4.69, 9.17) is 14.2 Å². The Morgan fingerprint density at radius 2 is 0.828 bits per heavy atom. The van der Waals surface area contributed by atoms with E-state index >= 15 is 0 Å². The molecule has 0 saturated carbocycles. The number of aliphatic hydroxyl groups excluding tert-OH is 5. The van der Waals surface area contributed by atoms with Crippen LogP contribution in [0, 0.1) is 0 Å². The van der Waals surface area contributed by atoms with Crippen LogP contribution in [0.1, 0.15) is 284 Å². The van der Waals surface area contributed by atoms with Gasteiger partial charge in [-0.15, -0.1) is 0 Å². The normalized spacial score (nSPS) is 19.0. The third-order valence-corrected chi connectivity index (χ3v) is 15.8. The van der Waals surface area contributed by atoms with Crippen LogP contribution in [0.5, 0.6) is 0 Å². The predicted molar refractivity (Wildman–Crippen MR) is 365 cm³/mol. The number of carbonyl (C=O) groups is 2. The molecule has 1 rings (SSSR count). The molecule has 0 spiro atoms. The highest BCUT2D eigenvalue weighted by Crippen LogP contribution is 2.26. The van der Waals surface area contributed by atoms with Gasteiger partial charge in [0.05, 0.1) is 25.4 Å². The molecule has 1 amide bonds. The maximum absolute atomic E-state index is 13.4. The van der Waals surface area contributed by atoms with Crippen LogP contribution in [0.3, 0.4) is 0 Å². The van der Waals surface area contributed by atoms with Crippen molar-refractivity contribution in [1.82, 2.24) is 5.32 Å². The molecule has 0 aliphatic carbocycles. The first kappa shape index (κ1) is 81.1. The molecule has 0 bridgehead atoms. The Labute approximate surface area is 531 Å². The maximum Gasteiger partial charge on any atom is 0.306 e. The quantitative estimate of drug-likeness (QED) is 0.0195. The van der Waals surface area contributed by atoms with Gasteiger partial charge in [0.1, 0.15) is 24.4 Å². The lowest BCUT2D eigenvalue weighted by atomic mass is 9.99. The molecular formula is C76H129NO10. The SMILES string of the molecule is CC/C=C\C/C=C\C/C=C\C/C=C\C/C=C\C/C=C\CCCC(O)C(=O)NC(COC1OC(CO)C(O)C(O)C1OC(=O)CCCCCCCCCCCCCCCC/C=C\C/C=C\C/C=C\CCCCC)C(O)/C=C/CCCCCCCCCCC. The number of unbranched alkanes of at least 4 members (excludes halogenated alkanes) is 27. The van der Waals surface area contributed by atoms with E-state index in [-0.39, 0.29) is 19.4 Å². The number of rotatable bonds is 59. The number of esters is 1. The second-order valence-electron chi connectivity index (χ2n) is 23.9. The molecule has 8 atom stereocenters. The van der Waals surface area contributed by atoms with Gasteiger partial charge in [0.25, 0.3) is 0 Å². The van der Waals surface area contributed by atoms with Crippen LogP contribution in [0.25, 0.3) is 0 Å². The Hall–Kier alpha value is -3.94. The van der Waals surface area contributed by atoms with Crippen molar-refractivity contribution in [3.05, 3.63) is 122 Å². The Balaban J connectivity index is 2.58. The first-order valence-corrected chi connectivity index (χ1v) is 35.3. The van der Waals surface area contributed by atoms with Crippen LogP contribution in [-0.2, 0) is 23.8 Å². The number of hydrogen-bond donors (Lipinski definition) is 6. The van der Waals surface area contributed by atoms with E-state index in [0.717, 1.165) is 96.3 Å². The van der Waals surface area contributed by atoms with Gasteiger partial charge in [0.15, 0.2) is 12.4 Å². The molecule has 498 valence electrons. The summed E-state index contributed by atoms with van der Waals surface area (Å²) in [4.78, 5) is 26.6. The molecule has 0 aromatic carbocycles. The van der Waals surface area contributed by atoms with Crippen LogP contribution in [-0.4, -0.2) is 99.6 Å². The molecule has 1 fully saturated rings. The number of aliphatic hydroxyl groups is 5. The van der Waals surface area contributed by atoms with E-state index < -0.39 is 67.4 Å². The third-order valence-electron chi connectivity index (χ3n) is 15.8. The summed E-state index contributed by atoms with van der Waals surface area (Å²) in [6, 6.07) is -1.06. The first-order valence-electron chi connectivity index (χ1n) is 35.3. The van der Waals surface area contributed by atoms with Crippen molar-refractivity contribution in [1.29, 1.82) is 0 Å². The van der Waals surface area contributed by atoms with Crippen LogP contribution in [0.15, 0.2) is 122 Å². The summed E-state index contributed by atoms with van der Waals surface area (Å²) < 4.78 is 17.7. The Morgan fingerprint density at radius 3 is 1.26 bits per heavy atom. The highest BCUT2D eigenvalue weighted by molar-refractivity contribution is 5.80. The van der Waals surface area contributed by atoms with E-state index in [2.05, 4.69) is 129 Å². The van der Waals surface area contributed by atoms with Gasteiger partial charge in [-0.05, 0) is 116 Å². The fraction of sp³-hybridized carbons (Fsp3) is 0.711. The minimum absolute atomic E-state index is 0.112. The molecule has 6 N–H and O–H groups in total. The number of carbonyl (C=O) groups excluding carboxylic acids is 2.